The van der Waals surface area contributed by atoms with E-state index in [1.165, 1.54) is 12.1 Å². The van der Waals surface area contributed by atoms with Crippen molar-refractivity contribution >= 4 is 39.9 Å². The van der Waals surface area contributed by atoms with E-state index in [0.717, 1.165) is 29.1 Å². The molecule has 198 valence electrons. The number of hydrogen-bond acceptors (Lipinski definition) is 9. The molecule has 0 radical (unpaired) electrons. The van der Waals surface area contributed by atoms with Gasteiger partial charge in [-0.25, -0.2) is 9.78 Å². The second kappa shape index (κ2) is 11.5. The van der Waals surface area contributed by atoms with Crippen molar-refractivity contribution in [1.29, 1.82) is 0 Å². The largest absolute Gasteiger partial charge is 0.508 e. The highest BCUT2D eigenvalue weighted by Gasteiger charge is 2.48. The standard InChI is InChI=1S/C28H28N2O7S/c1-4-6-13-37-20-12-8-10-18(15-20)23(32)21-22(17-9-7-11-19(31)14-17)30(26(34)24(21)33)28-29-16(3)25(38-28)27(35)36-5-2/h7-12,14-15,22,31-32H,4-6,13H2,1-3H3. The van der Waals surface area contributed by atoms with Gasteiger partial charge in [0.25, 0.3) is 5.78 Å². The summed E-state index contributed by atoms with van der Waals surface area (Å²) in [5.74, 6) is -2.38. The maximum absolute atomic E-state index is 13.4. The minimum atomic E-state index is -1.10. The molecule has 1 unspecified atom stereocenters. The van der Waals surface area contributed by atoms with Gasteiger partial charge in [0.15, 0.2) is 5.13 Å². The molecule has 1 aliphatic rings. The highest BCUT2D eigenvalue weighted by Crippen LogP contribution is 2.44. The number of aromatic hydroxyl groups is 1. The molecule has 10 heteroatoms. The van der Waals surface area contributed by atoms with Crippen molar-refractivity contribution in [2.45, 2.75) is 39.7 Å². The Hall–Kier alpha value is -4.18. The minimum Gasteiger partial charge on any atom is -0.508 e. The Kier molecular flexibility index (Phi) is 8.11. The third-order valence-corrected chi connectivity index (χ3v) is 7.09. The number of anilines is 1. The number of aliphatic hydroxyl groups excluding tert-OH is 1. The van der Waals surface area contributed by atoms with Gasteiger partial charge < -0.3 is 19.7 Å². The van der Waals surface area contributed by atoms with E-state index >= 15 is 0 Å². The van der Waals surface area contributed by atoms with Gasteiger partial charge in [-0.3, -0.25) is 14.5 Å². The van der Waals surface area contributed by atoms with E-state index in [1.807, 2.05) is 6.92 Å². The Labute approximate surface area is 224 Å². The van der Waals surface area contributed by atoms with E-state index < -0.39 is 23.7 Å². The van der Waals surface area contributed by atoms with Gasteiger partial charge in [-0.05, 0) is 50.1 Å². The number of aromatic nitrogens is 1. The normalized spacial score (nSPS) is 16.6. The summed E-state index contributed by atoms with van der Waals surface area (Å²) in [6, 6.07) is 11.6. The van der Waals surface area contributed by atoms with Crippen LogP contribution in [0.5, 0.6) is 11.5 Å². The molecule has 2 N–H and O–H groups in total. The van der Waals surface area contributed by atoms with E-state index in [1.54, 1.807) is 50.2 Å². The van der Waals surface area contributed by atoms with Crippen LogP contribution in [-0.2, 0) is 14.3 Å². The van der Waals surface area contributed by atoms with Gasteiger partial charge in [-0.15, -0.1) is 0 Å². The molecular weight excluding hydrogens is 508 g/mol. The number of aryl methyl sites for hydroxylation is 1. The van der Waals surface area contributed by atoms with Crippen LogP contribution in [0.1, 0.15) is 59.2 Å². The van der Waals surface area contributed by atoms with Crippen molar-refractivity contribution in [3.63, 3.8) is 0 Å². The average molecular weight is 537 g/mol. The van der Waals surface area contributed by atoms with Gasteiger partial charge in [0, 0.05) is 5.56 Å². The summed E-state index contributed by atoms with van der Waals surface area (Å²) < 4.78 is 10.8. The zero-order valence-electron chi connectivity index (χ0n) is 21.3. The molecular formula is C28H28N2O7S. The van der Waals surface area contributed by atoms with Crippen LogP contribution in [0.15, 0.2) is 54.1 Å². The van der Waals surface area contributed by atoms with Gasteiger partial charge in [-0.2, -0.15) is 0 Å². The number of carbonyl (C=O) groups is 3. The molecule has 1 atom stereocenters. The van der Waals surface area contributed by atoms with Crippen LogP contribution in [0.25, 0.3) is 5.76 Å². The Balaban J connectivity index is 1.85. The first-order chi connectivity index (χ1) is 18.3. The van der Waals surface area contributed by atoms with Gasteiger partial charge >= 0.3 is 11.9 Å². The minimum absolute atomic E-state index is 0.0815. The number of nitrogens with zero attached hydrogens (tertiary/aromatic N) is 2. The van der Waals surface area contributed by atoms with Crippen molar-refractivity contribution in [3.05, 3.63) is 75.8 Å². The van der Waals surface area contributed by atoms with Crippen molar-refractivity contribution in [2.75, 3.05) is 18.1 Å². The molecule has 0 saturated carbocycles. The highest BCUT2D eigenvalue weighted by molar-refractivity contribution is 7.17. The first kappa shape index (κ1) is 26.9. The van der Waals surface area contributed by atoms with Crippen LogP contribution in [0, 0.1) is 6.92 Å². The van der Waals surface area contributed by atoms with Gasteiger partial charge in [-0.1, -0.05) is 48.9 Å². The van der Waals surface area contributed by atoms with Gasteiger partial charge in [0.05, 0.1) is 30.5 Å². The summed E-state index contributed by atoms with van der Waals surface area (Å²) in [4.78, 5) is 44.9. The zero-order chi connectivity index (χ0) is 27.4. The Bertz CT molecular complexity index is 1410. The maximum atomic E-state index is 13.4. The highest BCUT2D eigenvalue weighted by atomic mass is 32.1. The predicted molar refractivity (Wildman–Crippen MR) is 143 cm³/mol. The summed E-state index contributed by atoms with van der Waals surface area (Å²) in [6.07, 6.45) is 1.82. The summed E-state index contributed by atoms with van der Waals surface area (Å²) in [5, 5.41) is 21.6. The number of carbonyl (C=O) groups excluding carboxylic acids is 3. The molecule has 2 aromatic carbocycles. The summed E-state index contributed by atoms with van der Waals surface area (Å²) in [5.41, 5.74) is 0.852. The Morgan fingerprint density at radius 2 is 1.89 bits per heavy atom. The fourth-order valence-electron chi connectivity index (χ4n) is 4.13. The summed E-state index contributed by atoms with van der Waals surface area (Å²) in [6.45, 7) is 6.00. The van der Waals surface area contributed by atoms with Crippen molar-refractivity contribution in [3.8, 4) is 11.5 Å². The molecule has 3 aromatic rings. The smallest absolute Gasteiger partial charge is 0.350 e. The van der Waals surface area contributed by atoms with Crippen molar-refractivity contribution < 1.29 is 34.1 Å². The van der Waals surface area contributed by atoms with Crippen LogP contribution in [0.2, 0.25) is 0 Å². The fraction of sp³-hybridized carbons (Fsp3) is 0.286. The molecule has 0 bridgehead atoms. The number of esters is 1. The van der Waals surface area contributed by atoms with Crippen molar-refractivity contribution in [2.24, 2.45) is 0 Å². The molecule has 1 amide bonds. The number of ketones is 1. The van der Waals surface area contributed by atoms with E-state index in [-0.39, 0.29) is 33.7 Å². The van der Waals surface area contributed by atoms with Crippen LogP contribution in [0.4, 0.5) is 5.13 Å². The van der Waals surface area contributed by atoms with E-state index in [4.69, 9.17) is 9.47 Å². The number of Topliss-reactive ketones (excluding diaryl/α,β-unsaturated/α-hetero) is 1. The van der Waals surface area contributed by atoms with E-state index in [0.29, 0.717) is 29.2 Å². The first-order valence-electron chi connectivity index (χ1n) is 12.2. The van der Waals surface area contributed by atoms with E-state index in [9.17, 15) is 24.6 Å². The van der Waals surface area contributed by atoms with Gasteiger partial charge in [0.1, 0.15) is 22.1 Å². The van der Waals surface area contributed by atoms with Crippen LogP contribution in [-0.4, -0.2) is 46.1 Å². The van der Waals surface area contributed by atoms with Gasteiger partial charge in [0.2, 0.25) is 0 Å². The molecule has 38 heavy (non-hydrogen) atoms. The van der Waals surface area contributed by atoms with Crippen LogP contribution in [0.3, 0.4) is 0 Å². The molecule has 0 spiro atoms. The monoisotopic (exact) mass is 536 g/mol. The molecule has 4 rings (SSSR count). The maximum Gasteiger partial charge on any atom is 0.350 e. The molecule has 1 aliphatic heterocycles. The number of thiazole rings is 1. The van der Waals surface area contributed by atoms with Crippen molar-refractivity contribution in [1.82, 2.24) is 4.98 Å². The number of phenols is 1. The molecule has 1 aromatic heterocycles. The van der Waals surface area contributed by atoms with Crippen LogP contribution < -0.4 is 9.64 Å². The second-order valence-corrected chi connectivity index (χ2v) is 9.60. The van der Waals surface area contributed by atoms with E-state index in [2.05, 4.69) is 4.98 Å². The molecule has 1 fully saturated rings. The summed E-state index contributed by atoms with van der Waals surface area (Å²) >= 11 is 0.917. The third-order valence-electron chi connectivity index (χ3n) is 5.96. The predicted octanol–water partition coefficient (Wildman–Crippen LogP) is 5.14. The molecule has 1 saturated heterocycles. The SMILES string of the molecule is CCCCOc1cccc(C(O)=C2C(=O)C(=O)N(c3nc(C)c(C(=O)OCC)s3)C2c2cccc(O)c2)c1. The number of benzene rings is 2. The number of unbranched alkanes of at least 4 members (excludes halogenated alkanes) is 1. The molecule has 0 aliphatic carbocycles. The first-order valence-corrected chi connectivity index (χ1v) is 13.1. The lowest BCUT2D eigenvalue weighted by Crippen LogP contribution is -2.29. The lowest BCUT2D eigenvalue weighted by molar-refractivity contribution is -0.132. The number of phenolic OH excluding ortho intramolecular Hbond substituents is 1. The summed E-state index contributed by atoms with van der Waals surface area (Å²) in [7, 11) is 0. The number of aliphatic hydroxyl groups is 1. The van der Waals surface area contributed by atoms with Crippen LogP contribution >= 0.6 is 11.3 Å². The fourth-order valence-corrected chi connectivity index (χ4v) is 5.12. The number of rotatable bonds is 9. The number of ether oxygens (including phenoxy) is 2. The Morgan fingerprint density at radius 1 is 1.13 bits per heavy atom. The second-order valence-electron chi connectivity index (χ2n) is 8.63. The molecule has 2 heterocycles. The number of amides is 1. The zero-order valence-corrected chi connectivity index (χ0v) is 22.1. The lowest BCUT2D eigenvalue weighted by Gasteiger charge is -2.23. The topological polar surface area (TPSA) is 126 Å². The molecule has 9 nitrogen and oxygen atoms in total. The Morgan fingerprint density at radius 3 is 2.61 bits per heavy atom. The average Bonchev–Trinajstić information content (AvgIpc) is 3.41. The number of hydrogen-bond donors (Lipinski definition) is 2. The quantitative estimate of drug-likeness (QED) is 0.127. The lowest BCUT2D eigenvalue weighted by atomic mass is 9.95. The third kappa shape index (κ3) is 5.26.